The standard InChI is InChI=1S/C49H38N2/c1-3-5-19-38(4-2)51-47-26-14-13-25-45(47)48-46(33-36-17-10-12-24-44(36)49(48)51)35-18-15-22-40(31-35)50(39-20-7-6-8-21-39)41-29-30-43-37(32-41)28-27-34-16-9-11-23-42(34)43/h3-7,9-20,22-33H,1,8,21H2,2H3/b19-5-,38-4+. The number of aromatic nitrogens is 1. The molecule has 0 unspecified atom stereocenters. The summed E-state index contributed by atoms with van der Waals surface area (Å²) in [5.74, 6) is 0. The summed E-state index contributed by atoms with van der Waals surface area (Å²) in [5, 5.41) is 10.0. The van der Waals surface area contributed by atoms with Gasteiger partial charge in [-0.3, -0.25) is 0 Å². The minimum atomic E-state index is 0.981. The van der Waals surface area contributed by atoms with E-state index in [1.807, 2.05) is 12.2 Å². The van der Waals surface area contributed by atoms with Crippen LogP contribution in [0.25, 0.3) is 70.9 Å². The molecule has 0 saturated heterocycles. The first kappa shape index (κ1) is 30.7. The molecule has 2 heteroatoms. The molecular formula is C49H38N2. The quantitative estimate of drug-likeness (QED) is 0.123. The molecule has 0 spiro atoms. The fourth-order valence-electron chi connectivity index (χ4n) is 8.01. The molecule has 244 valence electrons. The number of hydrogen-bond acceptors (Lipinski definition) is 1. The van der Waals surface area contributed by atoms with Crippen LogP contribution < -0.4 is 4.90 Å². The summed E-state index contributed by atoms with van der Waals surface area (Å²) in [4.78, 5) is 2.46. The highest BCUT2D eigenvalue weighted by atomic mass is 15.1. The Morgan fingerprint density at radius 3 is 2.24 bits per heavy atom. The van der Waals surface area contributed by atoms with Gasteiger partial charge >= 0.3 is 0 Å². The zero-order valence-corrected chi connectivity index (χ0v) is 28.8. The molecule has 0 radical (unpaired) electrons. The first-order valence-electron chi connectivity index (χ1n) is 17.8. The summed E-state index contributed by atoms with van der Waals surface area (Å²) in [6.45, 7) is 6.06. The summed E-state index contributed by atoms with van der Waals surface area (Å²) in [6.07, 6.45) is 16.9. The third-order valence-corrected chi connectivity index (χ3v) is 10.3. The van der Waals surface area contributed by atoms with Gasteiger partial charge in [0.25, 0.3) is 0 Å². The molecule has 7 aromatic carbocycles. The molecule has 0 aliphatic heterocycles. The molecule has 51 heavy (non-hydrogen) atoms. The Hall–Kier alpha value is -6.38. The van der Waals surface area contributed by atoms with Gasteiger partial charge in [-0.05, 0) is 106 Å². The lowest BCUT2D eigenvalue weighted by atomic mass is 9.94. The molecule has 0 N–H and O–H groups in total. The van der Waals surface area contributed by atoms with E-state index in [4.69, 9.17) is 0 Å². The second-order valence-electron chi connectivity index (χ2n) is 13.2. The third kappa shape index (κ3) is 5.19. The monoisotopic (exact) mass is 654 g/mol. The van der Waals surface area contributed by atoms with Gasteiger partial charge in [0.05, 0.1) is 11.0 Å². The van der Waals surface area contributed by atoms with Gasteiger partial charge in [0.1, 0.15) is 0 Å². The van der Waals surface area contributed by atoms with Crippen molar-refractivity contribution < 1.29 is 0 Å². The van der Waals surface area contributed by atoms with Crippen LogP contribution in [-0.2, 0) is 0 Å². The minimum Gasteiger partial charge on any atom is -0.314 e. The predicted molar refractivity (Wildman–Crippen MR) is 222 cm³/mol. The van der Waals surface area contributed by atoms with E-state index in [0.29, 0.717) is 0 Å². The number of anilines is 2. The summed E-state index contributed by atoms with van der Waals surface area (Å²) < 4.78 is 2.42. The molecule has 1 aromatic heterocycles. The number of fused-ring (bicyclic) bond motifs is 8. The van der Waals surface area contributed by atoms with Gasteiger partial charge in [-0.15, -0.1) is 0 Å². The third-order valence-electron chi connectivity index (χ3n) is 10.3. The zero-order valence-electron chi connectivity index (χ0n) is 28.8. The van der Waals surface area contributed by atoms with E-state index in [-0.39, 0.29) is 0 Å². The molecule has 1 heterocycles. The summed E-state index contributed by atoms with van der Waals surface area (Å²) in [7, 11) is 0. The van der Waals surface area contributed by atoms with E-state index in [0.717, 1.165) is 24.2 Å². The maximum atomic E-state index is 3.95. The van der Waals surface area contributed by atoms with Gasteiger partial charge < -0.3 is 9.47 Å². The second-order valence-corrected chi connectivity index (χ2v) is 13.2. The Balaban J connectivity index is 1.29. The lowest BCUT2D eigenvalue weighted by molar-refractivity contribution is 0.918. The van der Waals surface area contributed by atoms with E-state index in [1.165, 1.54) is 76.6 Å². The van der Waals surface area contributed by atoms with E-state index in [9.17, 15) is 0 Å². The van der Waals surface area contributed by atoms with Crippen molar-refractivity contribution in [2.24, 2.45) is 0 Å². The van der Waals surface area contributed by atoms with E-state index in [1.54, 1.807) is 0 Å². The first-order chi connectivity index (χ1) is 25.2. The number of benzene rings is 7. The topological polar surface area (TPSA) is 8.17 Å². The number of para-hydroxylation sites is 1. The van der Waals surface area contributed by atoms with Crippen molar-refractivity contribution in [3.8, 4) is 11.1 Å². The van der Waals surface area contributed by atoms with E-state index < -0.39 is 0 Å². The smallest absolute Gasteiger partial charge is 0.0625 e. The normalized spacial score (nSPS) is 13.6. The van der Waals surface area contributed by atoms with Gasteiger partial charge in [-0.25, -0.2) is 0 Å². The molecule has 0 bridgehead atoms. The van der Waals surface area contributed by atoms with Gasteiger partial charge in [0.2, 0.25) is 0 Å². The maximum Gasteiger partial charge on any atom is 0.0625 e. The fourth-order valence-corrected chi connectivity index (χ4v) is 8.01. The highest BCUT2D eigenvalue weighted by molar-refractivity contribution is 6.24. The number of nitrogens with zero attached hydrogens (tertiary/aromatic N) is 2. The Bertz CT molecular complexity index is 2780. The van der Waals surface area contributed by atoms with Crippen LogP contribution in [0.3, 0.4) is 0 Å². The largest absolute Gasteiger partial charge is 0.314 e. The Labute approximate surface area is 298 Å². The fraction of sp³-hybridized carbons (Fsp3) is 0.0612. The molecule has 8 aromatic rings. The van der Waals surface area contributed by atoms with E-state index >= 15 is 0 Å². The molecule has 0 amide bonds. The van der Waals surface area contributed by atoms with Crippen LogP contribution in [0.4, 0.5) is 11.4 Å². The van der Waals surface area contributed by atoms with Crippen LogP contribution in [0.15, 0.2) is 188 Å². The van der Waals surface area contributed by atoms with Crippen molar-refractivity contribution in [1.29, 1.82) is 0 Å². The first-order valence-corrected chi connectivity index (χ1v) is 17.8. The zero-order chi connectivity index (χ0) is 34.3. The van der Waals surface area contributed by atoms with Crippen LogP contribution in [0, 0.1) is 0 Å². The lowest BCUT2D eigenvalue weighted by Gasteiger charge is -2.29. The van der Waals surface area contributed by atoms with Crippen molar-refractivity contribution in [3.05, 3.63) is 188 Å². The van der Waals surface area contributed by atoms with Crippen LogP contribution in [0.1, 0.15) is 19.8 Å². The summed E-state index contributed by atoms with van der Waals surface area (Å²) >= 11 is 0. The van der Waals surface area contributed by atoms with Crippen molar-refractivity contribution in [2.75, 3.05) is 4.90 Å². The molecular weight excluding hydrogens is 617 g/mol. The molecule has 2 nitrogen and oxygen atoms in total. The van der Waals surface area contributed by atoms with E-state index in [2.05, 4.69) is 187 Å². The summed E-state index contributed by atoms with van der Waals surface area (Å²) in [6, 6.07) is 49.2. The van der Waals surface area contributed by atoms with Crippen LogP contribution in [0.5, 0.6) is 0 Å². The SMILES string of the molecule is C=C/C=C\C(=C/C)n1c2ccccc2c2c(-c3cccc(N(C4=CC=CCC4)c4ccc5c(ccc6ccccc65)c4)c3)cc3ccccc3c21. The average molecular weight is 655 g/mol. The Kier molecular flexibility index (Phi) is 7.71. The second kappa shape index (κ2) is 12.8. The Morgan fingerprint density at radius 2 is 1.41 bits per heavy atom. The highest BCUT2D eigenvalue weighted by Crippen LogP contribution is 2.44. The van der Waals surface area contributed by atoms with Crippen LogP contribution >= 0.6 is 0 Å². The van der Waals surface area contributed by atoms with Crippen molar-refractivity contribution in [1.82, 2.24) is 4.57 Å². The van der Waals surface area contributed by atoms with Crippen molar-refractivity contribution in [3.63, 3.8) is 0 Å². The van der Waals surface area contributed by atoms with Crippen molar-refractivity contribution in [2.45, 2.75) is 19.8 Å². The average Bonchev–Trinajstić information content (AvgIpc) is 3.54. The van der Waals surface area contributed by atoms with Gasteiger partial charge in [0.15, 0.2) is 0 Å². The molecule has 1 aliphatic rings. The molecule has 9 rings (SSSR count). The maximum absolute atomic E-state index is 3.95. The molecule has 1 aliphatic carbocycles. The van der Waals surface area contributed by atoms with Crippen LogP contribution in [0.2, 0.25) is 0 Å². The van der Waals surface area contributed by atoms with Crippen LogP contribution in [-0.4, -0.2) is 4.57 Å². The van der Waals surface area contributed by atoms with Gasteiger partial charge in [0, 0.05) is 38.9 Å². The summed E-state index contributed by atoms with van der Waals surface area (Å²) in [5.41, 5.74) is 9.56. The predicted octanol–water partition coefficient (Wildman–Crippen LogP) is 13.9. The Morgan fingerprint density at radius 1 is 0.686 bits per heavy atom. The molecule has 0 atom stereocenters. The highest BCUT2D eigenvalue weighted by Gasteiger charge is 2.21. The van der Waals surface area contributed by atoms with Gasteiger partial charge in [-0.1, -0.05) is 134 Å². The molecule has 0 saturated carbocycles. The number of allylic oxidation sites excluding steroid dienone is 9. The number of hydrogen-bond donors (Lipinski definition) is 0. The minimum absolute atomic E-state index is 0.981. The van der Waals surface area contributed by atoms with Crippen molar-refractivity contribution >= 4 is 71.2 Å². The molecule has 0 fully saturated rings. The lowest BCUT2D eigenvalue weighted by Crippen LogP contribution is -2.17. The van der Waals surface area contributed by atoms with Gasteiger partial charge in [-0.2, -0.15) is 0 Å². The number of rotatable bonds is 7.